The van der Waals surface area contributed by atoms with Gasteiger partial charge in [-0.05, 0) is 47.7 Å². The average Bonchev–Trinajstić information content (AvgIpc) is 2.68. The Hall–Kier alpha value is -2.76. The van der Waals surface area contributed by atoms with Gasteiger partial charge >= 0.3 is 0 Å². The molecule has 0 aliphatic carbocycles. The maximum Gasteiger partial charge on any atom is 0.225 e. The first kappa shape index (κ1) is 20.0. The molecule has 2 aromatic carbocycles. The van der Waals surface area contributed by atoms with E-state index >= 15 is 0 Å². The van der Waals surface area contributed by atoms with Crippen molar-refractivity contribution in [2.24, 2.45) is 5.92 Å². The Morgan fingerprint density at radius 2 is 1.89 bits per heavy atom. The summed E-state index contributed by atoms with van der Waals surface area (Å²) >= 11 is 0. The summed E-state index contributed by atoms with van der Waals surface area (Å²) in [5.74, 6) is -1.36. The molecule has 6 heteroatoms. The molecule has 1 saturated heterocycles. The van der Waals surface area contributed by atoms with Gasteiger partial charge in [0.15, 0.2) is 0 Å². The topological polar surface area (TPSA) is 49.4 Å². The van der Waals surface area contributed by atoms with E-state index in [2.05, 4.69) is 5.32 Å². The van der Waals surface area contributed by atoms with Crippen LogP contribution in [0.5, 0.6) is 0 Å². The predicted octanol–water partition coefficient (Wildman–Crippen LogP) is 3.79. The van der Waals surface area contributed by atoms with Gasteiger partial charge in [-0.2, -0.15) is 0 Å². The number of carbonyl (C=O) groups excluding carboxylic acids is 2. The van der Waals surface area contributed by atoms with Crippen LogP contribution in [-0.4, -0.2) is 30.3 Å². The summed E-state index contributed by atoms with van der Waals surface area (Å²) in [6.45, 7) is 2.35. The van der Waals surface area contributed by atoms with Crippen molar-refractivity contribution in [3.8, 4) is 0 Å². The van der Waals surface area contributed by atoms with Crippen LogP contribution in [0.15, 0.2) is 48.5 Å². The van der Waals surface area contributed by atoms with E-state index < -0.39 is 17.8 Å². The summed E-state index contributed by atoms with van der Waals surface area (Å²) in [4.78, 5) is 26.6. The maximum atomic E-state index is 13.7. The summed E-state index contributed by atoms with van der Waals surface area (Å²) in [5.41, 5.74) is 1.54. The van der Waals surface area contributed by atoms with Crippen LogP contribution in [0.2, 0.25) is 0 Å². The number of carbonyl (C=O) groups is 2. The molecule has 1 N–H and O–H groups in total. The van der Waals surface area contributed by atoms with Crippen LogP contribution >= 0.6 is 0 Å². The van der Waals surface area contributed by atoms with Gasteiger partial charge in [-0.25, -0.2) is 8.78 Å². The summed E-state index contributed by atoms with van der Waals surface area (Å²) in [6, 6.07) is 11.7. The quantitative estimate of drug-likeness (QED) is 0.850. The van der Waals surface area contributed by atoms with Crippen LogP contribution in [0.1, 0.15) is 42.9 Å². The summed E-state index contributed by atoms with van der Waals surface area (Å²) in [5, 5.41) is 2.95. The molecule has 0 saturated carbocycles. The molecule has 2 amide bonds. The molecule has 0 aromatic heterocycles. The highest BCUT2D eigenvalue weighted by Gasteiger charge is 2.38. The van der Waals surface area contributed by atoms with Gasteiger partial charge in [0.25, 0.3) is 0 Å². The monoisotopic (exact) mass is 386 g/mol. The molecule has 148 valence electrons. The second-order valence-corrected chi connectivity index (χ2v) is 7.35. The first-order valence-corrected chi connectivity index (χ1v) is 9.41. The standard InChI is InChI=1S/C22H24F2N2O2/c1-14(15-6-8-17(23)9-7-15)13-25-22(28)19-10-11-20(27)26(2)21(19)16-4-3-5-18(24)12-16/h3-9,12,14,19,21H,10-11,13H2,1-2H3,(H,25,28). The number of nitrogens with zero attached hydrogens (tertiary/aromatic N) is 1. The number of halogens is 2. The molecule has 2 aromatic rings. The van der Waals surface area contributed by atoms with Gasteiger partial charge in [-0.1, -0.05) is 31.2 Å². The largest absolute Gasteiger partial charge is 0.355 e. The number of benzene rings is 2. The lowest BCUT2D eigenvalue weighted by molar-refractivity contribution is -0.141. The fraction of sp³-hybridized carbons (Fsp3) is 0.364. The van der Waals surface area contributed by atoms with Gasteiger partial charge in [-0.15, -0.1) is 0 Å². The molecule has 4 nitrogen and oxygen atoms in total. The number of hydrogen-bond donors (Lipinski definition) is 1. The Balaban J connectivity index is 1.73. The minimum absolute atomic E-state index is 0.0140. The molecule has 1 aliphatic heterocycles. The summed E-state index contributed by atoms with van der Waals surface area (Å²) in [7, 11) is 1.65. The van der Waals surface area contributed by atoms with Crippen molar-refractivity contribution in [3.05, 3.63) is 71.3 Å². The third-order valence-electron chi connectivity index (χ3n) is 5.41. The van der Waals surface area contributed by atoms with E-state index in [-0.39, 0.29) is 30.0 Å². The number of likely N-dealkylation sites (tertiary alicyclic amines) is 1. The molecule has 0 radical (unpaired) electrons. The molecule has 3 unspecified atom stereocenters. The van der Waals surface area contributed by atoms with Crippen molar-refractivity contribution in [2.45, 2.75) is 31.7 Å². The molecular formula is C22H24F2N2O2. The highest BCUT2D eigenvalue weighted by Crippen LogP contribution is 2.36. The van der Waals surface area contributed by atoms with Crippen LogP contribution < -0.4 is 5.32 Å². The molecule has 0 bridgehead atoms. The van der Waals surface area contributed by atoms with Crippen molar-refractivity contribution < 1.29 is 18.4 Å². The van der Waals surface area contributed by atoms with Crippen molar-refractivity contribution in [2.75, 3.05) is 13.6 Å². The van der Waals surface area contributed by atoms with E-state index in [0.717, 1.165) is 5.56 Å². The van der Waals surface area contributed by atoms with Crippen molar-refractivity contribution >= 4 is 11.8 Å². The van der Waals surface area contributed by atoms with Gasteiger partial charge in [0.2, 0.25) is 11.8 Å². The third-order valence-corrected chi connectivity index (χ3v) is 5.41. The number of hydrogen-bond acceptors (Lipinski definition) is 2. The summed E-state index contributed by atoms with van der Waals surface area (Å²) in [6.07, 6.45) is 0.703. The fourth-order valence-electron chi connectivity index (χ4n) is 3.75. The Bertz CT molecular complexity index is 854. The predicted molar refractivity (Wildman–Crippen MR) is 102 cm³/mol. The van der Waals surface area contributed by atoms with Crippen LogP contribution in [0.3, 0.4) is 0 Å². The van der Waals surface area contributed by atoms with E-state index in [9.17, 15) is 18.4 Å². The van der Waals surface area contributed by atoms with Crippen molar-refractivity contribution in [1.29, 1.82) is 0 Å². The third kappa shape index (κ3) is 4.38. The first-order chi connectivity index (χ1) is 13.4. The zero-order chi connectivity index (χ0) is 20.3. The minimum atomic E-state index is -0.502. The van der Waals surface area contributed by atoms with Gasteiger partial charge in [-0.3, -0.25) is 9.59 Å². The summed E-state index contributed by atoms with van der Waals surface area (Å²) < 4.78 is 26.8. The Kier molecular flexibility index (Phi) is 6.07. The van der Waals surface area contributed by atoms with Crippen molar-refractivity contribution in [1.82, 2.24) is 10.2 Å². The highest BCUT2D eigenvalue weighted by atomic mass is 19.1. The maximum absolute atomic E-state index is 13.7. The van der Waals surface area contributed by atoms with Gasteiger partial charge in [0, 0.05) is 20.0 Å². The van der Waals surface area contributed by atoms with E-state index in [1.807, 2.05) is 6.92 Å². The van der Waals surface area contributed by atoms with Crippen LogP contribution in [0, 0.1) is 17.6 Å². The Labute approximate surface area is 163 Å². The molecule has 1 fully saturated rings. The van der Waals surface area contributed by atoms with E-state index in [0.29, 0.717) is 18.5 Å². The first-order valence-electron chi connectivity index (χ1n) is 9.41. The molecule has 1 aliphatic rings. The number of rotatable bonds is 5. The number of piperidine rings is 1. The fourth-order valence-corrected chi connectivity index (χ4v) is 3.75. The van der Waals surface area contributed by atoms with Crippen LogP contribution in [0.4, 0.5) is 8.78 Å². The van der Waals surface area contributed by atoms with Crippen molar-refractivity contribution in [3.63, 3.8) is 0 Å². The molecule has 0 spiro atoms. The SMILES string of the molecule is CC(CNC(=O)C1CCC(=O)N(C)C1c1cccc(F)c1)c1ccc(F)cc1. The van der Waals surface area contributed by atoms with Gasteiger partial charge in [0.1, 0.15) is 11.6 Å². The van der Waals surface area contributed by atoms with E-state index in [1.165, 1.54) is 29.2 Å². The lowest BCUT2D eigenvalue weighted by atomic mass is 9.83. The highest BCUT2D eigenvalue weighted by molar-refractivity contribution is 5.85. The van der Waals surface area contributed by atoms with Crippen LogP contribution in [-0.2, 0) is 9.59 Å². The minimum Gasteiger partial charge on any atom is -0.355 e. The van der Waals surface area contributed by atoms with E-state index in [1.54, 1.807) is 31.3 Å². The van der Waals surface area contributed by atoms with Crippen LogP contribution in [0.25, 0.3) is 0 Å². The molecular weight excluding hydrogens is 362 g/mol. The number of amides is 2. The molecule has 3 atom stereocenters. The lowest BCUT2D eigenvalue weighted by Crippen LogP contribution is -2.46. The zero-order valence-electron chi connectivity index (χ0n) is 16.0. The van der Waals surface area contributed by atoms with Gasteiger partial charge in [0.05, 0.1) is 12.0 Å². The Morgan fingerprint density at radius 1 is 1.18 bits per heavy atom. The second kappa shape index (κ2) is 8.50. The normalized spacial score (nSPS) is 20.7. The lowest BCUT2D eigenvalue weighted by Gasteiger charge is -2.38. The molecule has 3 rings (SSSR count). The van der Waals surface area contributed by atoms with E-state index in [4.69, 9.17) is 0 Å². The molecule has 1 heterocycles. The average molecular weight is 386 g/mol. The Morgan fingerprint density at radius 3 is 2.57 bits per heavy atom. The zero-order valence-corrected chi connectivity index (χ0v) is 16.0. The molecule has 28 heavy (non-hydrogen) atoms. The smallest absolute Gasteiger partial charge is 0.225 e. The van der Waals surface area contributed by atoms with Gasteiger partial charge < -0.3 is 10.2 Å². The number of nitrogens with one attached hydrogen (secondary N) is 1. The second-order valence-electron chi connectivity index (χ2n) is 7.35.